The Morgan fingerprint density at radius 3 is 2.58 bits per heavy atom. The number of nitro groups is 1. The Morgan fingerprint density at radius 2 is 1.79 bits per heavy atom. The van der Waals surface area contributed by atoms with E-state index in [0.717, 1.165) is 32.0 Å². The van der Waals surface area contributed by atoms with Gasteiger partial charge in [0.25, 0.3) is 5.69 Å². The van der Waals surface area contributed by atoms with Crippen molar-refractivity contribution in [1.82, 2.24) is 4.98 Å². The summed E-state index contributed by atoms with van der Waals surface area (Å²) in [7, 11) is 0. The first-order valence-corrected chi connectivity index (χ1v) is 8.67. The number of para-hydroxylation sites is 2. The molecule has 1 aliphatic rings. The van der Waals surface area contributed by atoms with Gasteiger partial charge >= 0.3 is 0 Å². The van der Waals surface area contributed by atoms with Crippen LogP contribution in [0.5, 0.6) is 0 Å². The van der Waals surface area contributed by atoms with Gasteiger partial charge in [0, 0.05) is 38.4 Å². The number of anilines is 2. The van der Waals surface area contributed by atoms with Crippen molar-refractivity contribution < 1.29 is 4.92 Å². The lowest BCUT2D eigenvalue weighted by atomic mass is 10.2. The maximum Gasteiger partial charge on any atom is 0.292 e. The molecular weight excluding hydrogens is 324 g/mol. The van der Waals surface area contributed by atoms with Crippen LogP contribution >= 0.6 is 11.3 Å². The molecule has 0 spiro atoms. The third-order valence-electron chi connectivity index (χ3n) is 4.35. The van der Waals surface area contributed by atoms with Gasteiger partial charge in [0.1, 0.15) is 11.5 Å². The highest BCUT2D eigenvalue weighted by Gasteiger charge is 2.24. The predicted octanol–water partition coefficient (Wildman–Crippen LogP) is 3.53. The molecule has 6 nitrogen and oxygen atoms in total. The quantitative estimate of drug-likeness (QED) is 0.539. The van der Waals surface area contributed by atoms with Crippen molar-refractivity contribution in [2.24, 2.45) is 0 Å². The number of rotatable bonds is 3. The highest BCUT2D eigenvalue weighted by Crippen LogP contribution is 2.32. The number of fused-ring (bicyclic) bond motifs is 1. The lowest BCUT2D eigenvalue weighted by molar-refractivity contribution is -0.384. The van der Waals surface area contributed by atoms with Gasteiger partial charge in [-0.05, 0) is 29.0 Å². The number of nitrogens with zero attached hydrogens (tertiary/aromatic N) is 4. The van der Waals surface area contributed by atoms with Crippen LogP contribution in [0.15, 0.2) is 48.0 Å². The van der Waals surface area contributed by atoms with E-state index >= 15 is 0 Å². The van der Waals surface area contributed by atoms with Crippen molar-refractivity contribution in [1.29, 1.82) is 0 Å². The van der Waals surface area contributed by atoms with Crippen molar-refractivity contribution in [2.45, 2.75) is 0 Å². The van der Waals surface area contributed by atoms with E-state index in [-0.39, 0.29) is 10.6 Å². The fraction of sp³-hybridized carbons (Fsp3) is 0.235. The Hall–Kier alpha value is -2.67. The minimum absolute atomic E-state index is 0.171. The topological polar surface area (TPSA) is 62.5 Å². The number of hydrogen-bond donors (Lipinski definition) is 0. The molecule has 24 heavy (non-hydrogen) atoms. The average Bonchev–Trinajstić information content (AvgIpc) is 3.10. The summed E-state index contributed by atoms with van der Waals surface area (Å²) in [5, 5.41) is 14.5. The van der Waals surface area contributed by atoms with Gasteiger partial charge in [-0.3, -0.25) is 10.1 Å². The predicted molar refractivity (Wildman–Crippen MR) is 97.1 cm³/mol. The molecule has 2 aromatic heterocycles. The van der Waals surface area contributed by atoms with Gasteiger partial charge in [-0.15, -0.1) is 11.3 Å². The van der Waals surface area contributed by atoms with Gasteiger partial charge in [-0.1, -0.05) is 12.1 Å². The zero-order valence-electron chi connectivity index (χ0n) is 13.0. The van der Waals surface area contributed by atoms with E-state index < -0.39 is 0 Å². The summed E-state index contributed by atoms with van der Waals surface area (Å²) >= 11 is 1.70. The van der Waals surface area contributed by atoms with Gasteiger partial charge < -0.3 is 9.80 Å². The number of pyridine rings is 1. The smallest absolute Gasteiger partial charge is 0.292 e. The SMILES string of the molecule is O=[N+]([O-])c1ccccc1N1CCN(c2nccc3ccsc23)CC1. The molecule has 3 heterocycles. The highest BCUT2D eigenvalue weighted by atomic mass is 32.1. The summed E-state index contributed by atoms with van der Waals surface area (Å²) in [5.41, 5.74) is 0.869. The van der Waals surface area contributed by atoms with E-state index in [9.17, 15) is 10.1 Å². The molecule has 1 aromatic carbocycles. The normalized spacial score (nSPS) is 15.0. The van der Waals surface area contributed by atoms with Gasteiger partial charge in [0.2, 0.25) is 0 Å². The van der Waals surface area contributed by atoms with Crippen LogP contribution in [0.1, 0.15) is 0 Å². The first kappa shape index (κ1) is 14.9. The molecule has 7 heteroatoms. The van der Waals surface area contributed by atoms with Crippen LogP contribution in [-0.4, -0.2) is 36.1 Å². The molecule has 0 saturated carbocycles. The van der Waals surface area contributed by atoms with Crippen LogP contribution in [0.4, 0.5) is 17.2 Å². The molecule has 0 unspecified atom stereocenters. The lowest BCUT2D eigenvalue weighted by Gasteiger charge is -2.36. The molecule has 1 saturated heterocycles. The molecule has 4 rings (SSSR count). The Labute approximate surface area is 143 Å². The Morgan fingerprint density at radius 1 is 1.04 bits per heavy atom. The molecule has 0 radical (unpaired) electrons. The largest absolute Gasteiger partial charge is 0.362 e. The number of hydrogen-bond acceptors (Lipinski definition) is 6. The third-order valence-corrected chi connectivity index (χ3v) is 5.27. The number of nitro benzene ring substituents is 1. The first-order chi connectivity index (χ1) is 11.7. The van der Waals surface area contributed by atoms with Gasteiger partial charge in [0.15, 0.2) is 0 Å². The Bertz CT molecular complexity index is 887. The zero-order chi connectivity index (χ0) is 16.5. The highest BCUT2D eigenvalue weighted by molar-refractivity contribution is 7.17. The van der Waals surface area contributed by atoms with Crippen LogP contribution in [-0.2, 0) is 0 Å². The number of aromatic nitrogens is 1. The number of benzene rings is 1. The number of piperazine rings is 1. The third kappa shape index (κ3) is 2.56. The molecule has 0 amide bonds. The first-order valence-electron chi connectivity index (χ1n) is 7.79. The fourth-order valence-electron chi connectivity index (χ4n) is 3.15. The fourth-order valence-corrected chi connectivity index (χ4v) is 4.06. The summed E-state index contributed by atoms with van der Waals surface area (Å²) < 4.78 is 1.21. The van der Waals surface area contributed by atoms with Crippen molar-refractivity contribution in [3.63, 3.8) is 0 Å². The van der Waals surface area contributed by atoms with Crippen molar-refractivity contribution in [2.75, 3.05) is 36.0 Å². The Kier molecular flexibility index (Phi) is 3.78. The molecule has 1 aliphatic heterocycles. The molecule has 0 bridgehead atoms. The molecule has 0 N–H and O–H groups in total. The van der Waals surface area contributed by atoms with Crippen molar-refractivity contribution in [3.8, 4) is 0 Å². The number of thiophene rings is 1. The average molecular weight is 340 g/mol. The van der Waals surface area contributed by atoms with E-state index in [1.54, 1.807) is 23.5 Å². The molecule has 122 valence electrons. The summed E-state index contributed by atoms with van der Waals surface area (Å²) in [5.74, 6) is 1.02. The van der Waals surface area contributed by atoms with Crippen LogP contribution < -0.4 is 9.80 Å². The summed E-state index contributed by atoms with van der Waals surface area (Å²) in [6.45, 7) is 3.09. The minimum Gasteiger partial charge on any atom is -0.362 e. The van der Waals surface area contributed by atoms with Crippen LogP contribution in [0.25, 0.3) is 10.1 Å². The van der Waals surface area contributed by atoms with Gasteiger partial charge in [-0.2, -0.15) is 0 Å². The summed E-state index contributed by atoms with van der Waals surface area (Å²) in [6, 6.07) is 11.1. The van der Waals surface area contributed by atoms with Gasteiger partial charge in [-0.25, -0.2) is 4.98 Å². The second-order valence-electron chi connectivity index (χ2n) is 5.69. The zero-order valence-corrected chi connectivity index (χ0v) is 13.8. The standard InChI is InChI=1S/C17H16N4O2S/c22-21(23)15-4-2-1-3-14(15)19-8-10-20(11-9-19)17-16-13(5-7-18-17)6-12-24-16/h1-7,12H,8-11H2. The van der Waals surface area contributed by atoms with E-state index in [1.165, 1.54) is 10.1 Å². The van der Waals surface area contributed by atoms with Crippen LogP contribution in [0.2, 0.25) is 0 Å². The van der Waals surface area contributed by atoms with Crippen LogP contribution in [0, 0.1) is 10.1 Å². The monoisotopic (exact) mass is 340 g/mol. The van der Waals surface area contributed by atoms with Crippen molar-refractivity contribution >= 4 is 38.6 Å². The molecular formula is C17H16N4O2S. The molecule has 0 aliphatic carbocycles. The second-order valence-corrected chi connectivity index (χ2v) is 6.61. The second kappa shape index (κ2) is 6.09. The summed E-state index contributed by atoms with van der Waals surface area (Å²) in [6.07, 6.45) is 1.85. The Balaban J connectivity index is 1.55. The van der Waals surface area contributed by atoms with Gasteiger partial charge in [0.05, 0.1) is 9.62 Å². The van der Waals surface area contributed by atoms with Crippen molar-refractivity contribution in [3.05, 3.63) is 58.1 Å². The van der Waals surface area contributed by atoms with E-state index in [4.69, 9.17) is 0 Å². The van der Waals surface area contributed by atoms with E-state index in [2.05, 4.69) is 26.2 Å². The van der Waals surface area contributed by atoms with Crippen LogP contribution in [0.3, 0.4) is 0 Å². The maximum absolute atomic E-state index is 11.2. The molecule has 1 fully saturated rings. The maximum atomic E-state index is 11.2. The molecule has 0 atom stereocenters. The van der Waals surface area contributed by atoms with E-state index in [0.29, 0.717) is 5.69 Å². The summed E-state index contributed by atoms with van der Waals surface area (Å²) in [4.78, 5) is 19.8. The minimum atomic E-state index is -0.310. The molecule has 3 aromatic rings. The lowest BCUT2D eigenvalue weighted by Crippen LogP contribution is -2.47. The van der Waals surface area contributed by atoms with E-state index in [1.807, 2.05) is 24.4 Å².